The minimum absolute atomic E-state index is 0.166. The Hall–Kier alpha value is -2.30. The van der Waals surface area contributed by atoms with Crippen LogP contribution in [-0.2, 0) is 4.74 Å². The van der Waals surface area contributed by atoms with Crippen LogP contribution in [0.3, 0.4) is 0 Å². The Balaban J connectivity index is 1.86. The van der Waals surface area contributed by atoms with E-state index in [1.807, 2.05) is 12.1 Å². The highest BCUT2D eigenvalue weighted by Gasteiger charge is 2.32. The number of rotatable bonds is 2. The van der Waals surface area contributed by atoms with Crippen molar-refractivity contribution in [2.75, 3.05) is 13.7 Å². The molecule has 2 fully saturated rings. The van der Waals surface area contributed by atoms with Crippen molar-refractivity contribution in [2.24, 2.45) is 0 Å². The molecule has 1 saturated carbocycles. The normalized spacial score (nSPS) is 20.8. The largest absolute Gasteiger partial charge is 0.465 e. The van der Waals surface area contributed by atoms with Gasteiger partial charge in [-0.3, -0.25) is 0 Å². The van der Waals surface area contributed by atoms with E-state index in [4.69, 9.17) is 0 Å². The Morgan fingerprint density at radius 2 is 1.82 bits per heavy atom. The quantitative estimate of drug-likeness (QED) is 0.671. The molecule has 1 aromatic carbocycles. The van der Waals surface area contributed by atoms with Crippen molar-refractivity contribution >= 4 is 12.1 Å². The van der Waals surface area contributed by atoms with Crippen LogP contribution in [0.25, 0.3) is 0 Å². The minimum atomic E-state index is -0.887. The molecule has 0 radical (unpaired) electrons. The molecule has 1 aromatic rings. The number of carbonyl (C=O) groups excluding carboxylic acids is 1. The van der Waals surface area contributed by atoms with Gasteiger partial charge in [-0.05, 0) is 43.4 Å². The van der Waals surface area contributed by atoms with Gasteiger partial charge in [-0.15, -0.1) is 0 Å². The Kier molecular flexibility index (Phi) is 3.88. The molecule has 1 N–H and O–H groups in total. The van der Waals surface area contributed by atoms with Crippen LogP contribution in [0, 0.1) is 0 Å². The molecule has 1 amide bonds. The number of allylic oxidation sites excluding steroid dienone is 1. The molecule has 5 nitrogen and oxygen atoms in total. The van der Waals surface area contributed by atoms with E-state index in [0.717, 1.165) is 31.2 Å². The number of likely N-dealkylation sites (tertiary alicyclic amines) is 1. The van der Waals surface area contributed by atoms with Crippen molar-refractivity contribution in [3.8, 4) is 0 Å². The molecule has 1 saturated heterocycles. The molecular weight excluding hydrogens is 282 g/mol. The topological polar surface area (TPSA) is 66.8 Å². The summed E-state index contributed by atoms with van der Waals surface area (Å²) in [6.45, 7) is 0.539. The summed E-state index contributed by atoms with van der Waals surface area (Å²) < 4.78 is 4.69. The van der Waals surface area contributed by atoms with Crippen LogP contribution in [-0.4, -0.2) is 35.7 Å². The number of esters is 1. The van der Waals surface area contributed by atoms with Gasteiger partial charge in [0.2, 0.25) is 0 Å². The zero-order valence-electron chi connectivity index (χ0n) is 12.5. The SMILES string of the molecule is COC(=O)c1ccc([C@@H]2CC(=C3CC3)CCN2C(=O)O)cc1. The predicted octanol–water partition coefficient (Wildman–Crippen LogP) is 3.38. The second-order valence-corrected chi connectivity index (χ2v) is 5.77. The third kappa shape index (κ3) is 2.84. The number of carbonyl (C=O) groups is 2. The lowest BCUT2D eigenvalue weighted by atomic mass is 9.90. The van der Waals surface area contributed by atoms with E-state index >= 15 is 0 Å². The average Bonchev–Trinajstić information content (AvgIpc) is 3.38. The number of benzene rings is 1. The van der Waals surface area contributed by atoms with E-state index in [9.17, 15) is 14.7 Å². The molecule has 3 rings (SSSR count). The van der Waals surface area contributed by atoms with E-state index in [-0.39, 0.29) is 12.0 Å². The Labute approximate surface area is 129 Å². The van der Waals surface area contributed by atoms with Crippen LogP contribution in [0.4, 0.5) is 4.79 Å². The van der Waals surface area contributed by atoms with Crippen molar-refractivity contribution in [3.05, 3.63) is 46.5 Å². The average molecular weight is 301 g/mol. The van der Waals surface area contributed by atoms with Crippen molar-refractivity contribution < 1.29 is 19.4 Å². The highest BCUT2D eigenvalue weighted by molar-refractivity contribution is 5.89. The lowest BCUT2D eigenvalue weighted by Gasteiger charge is -2.35. The lowest BCUT2D eigenvalue weighted by Crippen LogP contribution is -2.38. The van der Waals surface area contributed by atoms with E-state index in [2.05, 4.69) is 4.74 Å². The smallest absolute Gasteiger partial charge is 0.407 e. The van der Waals surface area contributed by atoms with Crippen LogP contribution in [0.1, 0.15) is 47.6 Å². The first-order valence-corrected chi connectivity index (χ1v) is 7.47. The number of ether oxygens (including phenoxy) is 1. The molecule has 0 aromatic heterocycles. The first kappa shape index (κ1) is 14.6. The molecule has 0 unspecified atom stereocenters. The molecule has 2 aliphatic rings. The van der Waals surface area contributed by atoms with E-state index < -0.39 is 6.09 Å². The Morgan fingerprint density at radius 3 is 2.36 bits per heavy atom. The second-order valence-electron chi connectivity index (χ2n) is 5.77. The molecule has 1 aliphatic carbocycles. The molecule has 1 heterocycles. The van der Waals surface area contributed by atoms with Gasteiger partial charge in [0.05, 0.1) is 18.7 Å². The fraction of sp³-hybridized carbons (Fsp3) is 0.412. The summed E-state index contributed by atoms with van der Waals surface area (Å²) in [5.41, 5.74) is 4.32. The molecule has 116 valence electrons. The van der Waals surface area contributed by atoms with Gasteiger partial charge in [0, 0.05) is 6.54 Å². The van der Waals surface area contributed by atoms with Gasteiger partial charge in [-0.2, -0.15) is 0 Å². The number of nitrogens with zero attached hydrogens (tertiary/aromatic N) is 1. The summed E-state index contributed by atoms with van der Waals surface area (Å²) in [6.07, 6.45) is 3.05. The Morgan fingerprint density at radius 1 is 1.14 bits per heavy atom. The van der Waals surface area contributed by atoms with Crippen molar-refractivity contribution in [1.82, 2.24) is 4.90 Å². The predicted molar refractivity (Wildman–Crippen MR) is 80.7 cm³/mol. The zero-order valence-corrected chi connectivity index (χ0v) is 12.5. The number of hydrogen-bond donors (Lipinski definition) is 1. The zero-order chi connectivity index (χ0) is 15.7. The lowest BCUT2D eigenvalue weighted by molar-refractivity contribution is 0.0600. The summed E-state index contributed by atoms with van der Waals surface area (Å²) in [7, 11) is 1.34. The van der Waals surface area contributed by atoms with Crippen molar-refractivity contribution in [3.63, 3.8) is 0 Å². The number of piperidine rings is 1. The van der Waals surface area contributed by atoms with Gasteiger partial charge in [0.1, 0.15) is 0 Å². The summed E-state index contributed by atoms with van der Waals surface area (Å²) in [5.74, 6) is -0.383. The van der Waals surface area contributed by atoms with Crippen LogP contribution in [0.5, 0.6) is 0 Å². The second kappa shape index (κ2) is 5.83. The summed E-state index contributed by atoms with van der Waals surface area (Å²) in [5, 5.41) is 9.43. The monoisotopic (exact) mass is 301 g/mol. The van der Waals surface area contributed by atoms with Crippen molar-refractivity contribution in [1.29, 1.82) is 0 Å². The maximum absolute atomic E-state index is 11.5. The van der Waals surface area contributed by atoms with Crippen molar-refractivity contribution in [2.45, 2.75) is 31.7 Å². The highest BCUT2D eigenvalue weighted by Crippen LogP contribution is 2.41. The van der Waals surface area contributed by atoms with Crippen LogP contribution < -0.4 is 0 Å². The third-order valence-corrected chi connectivity index (χ3v) is 4.43. The summed E-state index contributed by atoms with van der Waals surface area (Å²) >= 11 is 0. The molecular formula is C17H19NO4. The maximum atomic E-state index is 11.5. The van der Waals surface area contributed by atoms with Gasteiger partial charge < -0.3 is 14.7 Å². The fourth-order valence-electron chi connectivity index (χ4n) is 3.08. The molecule has 1 aliphatic heterocycles. The van der Waals surface area contributed by atoms with Gasteiger partial charge in [-0.1, -0.05) is 23.3 Å². The van der Waals surface area contributed by atoms with Crippen LogP contribution >= 0.6 is 0 Å². The van der Waals surface area contributed by atoms with Gasteiger partial charge in [0.25, 0.3) is 0 Å². The molecule has 1 atom stereocenters. The number of hydrogen-bond acceptors (Lipinski definition) is 3. The highest BCUT2D eigenvalue weighted by atomic mass is 16.5. The van der Waals surface area contributed by atoms with Gasteiger partial charge in [-0.25, -0.2) is 9.59 Å². The first-order chi connectivity index (χ1) is 10.6. The van der Waals surface area contributed by atoms with Crippen LogP contribution in [0.2, 0.25) is 0 Å². The number of amides is 1. The van der Waals surface area contributed by atoms with Crippen LogP contribution in [0.15, 0.2) is 35.4 Å². The van der Waals surface area contributed by atoms with Gasteiger partial charge in [0.15, 0.2) is 0 Å². The number of methoxy groups -OCH3 is 1. The standard InChI is InChI=1S/C17H19NO4/c1-22-16(19)13-6-4-12(5-7-13)15-10-14(11-2-3-11)8-9-18(15)17(20)21/h4-7,15H,2-3,8-10H2,1H3,(H,20,21)/t15-/m0/s1. The van der Waals surface area contributed by atoms with Gasteiger partial charge >= 0.3 is 12.1 Å². The first-order valence-electron chi connectivity index (χ1n) is 7.47. The molecule has 0 bridgehead atoms. The van der Waals surface area contributed by atoms with E-state index in [1.54, 1.807) is 12.1 Å². The van der Waals surface area contributed by atoms with E-state index in [1.165, 1.54) is 23.2 Å². The Bertz CT molecular complexity index is 627. The third-order valence-electron chi connectivity index (χ3n) is 4.43. The molecule has 5 heteroatoms. The summed E-state index contributed by atoms with van der Waals surface area (Å²) in [4.78, 5) is 24.5. The summed E-state index contributed by atoms with van der Waals surface area (Å²) in [6, 6.07) is 6.88. The maximum Gasteiger partial charge on any atom is 0.407 e. The van der Waals surface area contributed by atoms with E-state index in [0.29, 0.717) is 12.1 Å². The minimum Gasteiger partial charge on any atom is -0.465 e. The molecule has 22 heavy (non-hydrogen) atoms. The number of carboxylic acid groups (broad SMARTS) is 1. The fourth-order valence-corrected chi connectivity index (χ4v) is 3.08. The molecule has 0 spiro atoms.